The summed E-state index contributed by atoms with van der Waals surface area (Å²) in [4.78, 5) is 0. The van der Waals surface area contributed by atoms with Gasteiger partial charge in [0.15, 0.2) is 0 Å². The molecule has 1 spiro atoms. The first-order valence-corrected chi connectivity index (χ1v) is 11.5. The first-order chi connectivity index (χ1) is 11.8. The zero-order chi connectivity index (χ0) is 16.7. The van der Waals surface area contributed by atoms with Gasteiger partial charge in [-0.1, -0.05) is 83.5 Å². The number of nitrogens with two attached hydrogens (primary N) is 1. The van der Waals surface area contributed by atoms with Gasteiger partial charge >= 0.3 is 0 Å². The van der Waals surface area contributed by atoms with Crippen molar-refractivity contribution in [3.8, 4) is 0 Å². The van der Waals surface area contributed by atoms with E-state index in [4.69, 9.17) is 5.73 Å². The molecule has 140 valence electrons. The van der Waals surface area contributed by atoms with Crippen molar-refractivity contribution in [2.45, 2.75) is 128 Å². The molecule has 0 aromatic carbocycles. The van der Waals surface area contributed by atoms with Gasteiger partial charge in [-0.3, -0.25) is 0 Å². The van der Waals surface area contributed by atoms with Crippen LogP contribution in [0.3, 0.4) is 0 Å². The van der Waals surface area contributed by atoms with E-state index in [9.17, 15) is 0 Å². The minimum Gasteiger partial charge on any atom is -0.327 e. The van der Waals surface area contributed by atoms with Crippen molar-refractivity contribution >= 4 is 0 Å². The normalized spacial score (nSPS) is 36.6. The summed E-state index contributed by atoms with van der Waals surface area (Å²) < 4.78 is 0. The third-order valence-corrected chi connectivity index (χ3v) is 7.96. The third kappa shape index (κ3) is 5.23. The van der Waals surface area contributed by atoms with E-state index in [1.807, 2.05) is 0 Å². The van der Waals surface area contributed by atoms with Crippen LogP contribution in [0.5, 0.6) is 0 Å². The molecule has 3 aliphatic carbocycles. The lowest BCUT2D eigenvalue weighted by Crippen LogP contribution is -2.36. The van der Waals surface area contributed by atoms with Crippen LogP contribution in [-0.4, -0.2) is 6.04 Å². The Bertz CT molecular complexity index is 340. The quantitative estimate of drug-likeness (QED) is 0.508. The highest BCUT2D eigenvalue weighted by Gasteiger charge is 2.34. The lowest BCUT2D eigenvalue weighted by Gasteiger charge is -2.34. The summed E-state index contributed by atoms with van der Waals surface area (Å²) in [6.07, 6.45) is 28.1. The van der Waals surface area contributed by atoms with Gasteiger partial charge in [-0.2, -0.15) is 0 Å². The van der Waals surface area contributed by atoms with Crippen LogP contribution in [0.25, 0.3) is 0 Å². The van der Waals surface area contributed by atoms with Crippen molar-refractivity contribution in [2.75, 3.05) is 0 Å². The van der Waals surface area contributed by atoms with Crippen molar-refractivity contribution in [1.29, 1.82) is 0 Å². The largest absolute Gasteiger partial charge is 0.327 e. The van der Waals surface area contributed by atoms with Crippen molar-refractivity contribution in [2.24, 2.45) is 23.0 Å². The van der Waals surface area contributed by atoms with Gasteiger partial charge in [-0.15, -0.1) is 0 Å². The van der Waals surface area contributed by atoms with Crippen LogP contribution in [0.1, 0.15) is 122 Å². The van der Waals surface area contributed by atoms with Crippen molar-refractivity contribution in [3.05, 3.63) is 0 Å². The average molecular weight is 334 g/mol. The molecular formula is C23H43N. The molecule has 0 saturated heterocycles. The van der Waals surface area contributed by atoms with Gasteiger partial charge in [0.05, 0.1) is 0 Å². The summed E-state index contributed by atoms with van der Waals surface area (Å²) in [5.41, 5.74) is 7.38. The number of hydrogen-bond donors (Lipinski definition) is 1. The van der Waals surface area contributed by atoms with Crippen LogP contribution < -0.4 is 5.73 Å². The first kappa shape index (κ1) is 18.7. The van der Waals surface area contributed by atoms with Crippen molar-refractivity contribution < 1.29 is 0 Å². The Kier molecular flexibility index (Phi) is 7.50. The minimum atomic E-state index is 0.505. The molecule has 0 heterocycles. The lowest BCUT2D eigenvalue weighted by molar-refractivity contribution is 0.180. The molecule has 3 saturated carbocycles. The van der Waals surface area contributed by atoms with Crippen LogP contribution in [0.15, 0.2) is 0 Å². The van der Waals surface area contributed by atoms with Crippen LogP contribution in [0.2, 0.25) is 0 Å². The highest BCUT2D eigenvalue weighted by atomic mass is 14.7. The van der Waals surface area contributed by atoms with Crippen LogP contribution >= 0.6 is 0 Å². The predicted octanol–water partition coefficient (Wildman–Crippen LogP) is 6.99. The van der Waals surface area contributed by atoms with Gasteiger partial charge in [-0.25, -0.2) is 0 Å². The fourth-order valence-corrected chi connectivity index (χ4v) is 6.46. The standard InChI is InChI=1S/C23H43N/c24-22-15-7-5-6-12-20-13-10-18-23(19-11-14-21(20)22)16-8-3-1-2-4-9-17-23/h20-22H,1-19,24H2/t20?,21-,22?/m1/s1. The molecule has 24 heavy (non-hydrogen) atoms. The minimum absolute atomic E-state index is 0.505. The van der Waals surface area contributed by atoms with E-state index in [0.717, 1.165) is 11.8 Å². The van der Waals surface area contributed by atoms with Crippen LogP contribution in [-0.2, 0) is 0 Å². The summed E-state index contributed by atoms with van der Waals surface area (Å²) in [7, 11) is 0. The van der Waals surface area contributed by atoms with Gasteiger partial charge in [-0.05, 0) is 55.8 Å². The summed E-state index contributed by atoms with van der Waals surface area (Å²) in [6.45, 7) is 0. The summed E-state index contributed by atoms with van der Waals surface area (Å²) in [5, 5.41) is 0. The first-order valence-electron chi connectivity index (χ1n) is 11.5. The number of rotatable bonds is 0. The molecule has 2 N–H and O–H groups in total. The Hall–Kier alpha value is -0.0400. The van der Waals surface area contributed by atoms with E-state index >= 15 is 0 Å². The molecule has 0 radical (unpaired) electrons. The van der Waals surface area contributed by atoms with E-state index in [1.165, 1.54) is 122 Å². The molecule has 0 bridgehead atoms. The van der Waals surface area contributed by atoms with Crippen LogP contribution in [0, 0.1) is 17.3 Å². The molecule has 2 unspecified atom stereocenters. The second kappa shape index (κ2) is 9.60. The zero-order valence-corrected chi connectivity index (χ0v) is 16.2. The maximum atomic E-state index is 6.67. The Morgan fingerprint density at radius 2 is 1.00 bits per heavy atom. The number of hydrogen-bond acceptors (Lipinski definition) is 1. The smallest absolute Gasteiger partial charge is 0.00698 e. The topological polar surface area (TPSA) is 26.0 Å². The van der Waals surface area contributed by atoms with E-state index in [0.29, 0.717) is 11.5 Å². The second-order valence-electron chi connectivity index (χ2n) is 9.63. The molecule has 3 atom stereocenters. The lowest BCUT2D eigenvalue weighted by atomic mass is 9.71. The van der Waals surface area contributed by atoms with E-state index < -0.39 is 0 Å². The summed E-state index contributed by atoms with van der Waals surface area (Å²) in [6, 6.07) is 0.505. The molecule has 3 rings (SSSR count). The van der Waals surface area contributed by atoms with Crippen molar-refractivity contribution in [1.82, 2.24) is 0 Å². The fraction of sp³-hybridized carbons (Fsp3) is 1.00. The molecule has 0 amide bonds. The highest BCUT2D eigenvalue weighted by Crippen LogP contribution is 2.46. The molecule has 0 aromatic heterocycles. The second-order valence-corrected chi connectivity index (χ2v) is 9.63. The predicted molar refractivity (Wildman–Crippen MR) is 105 cm³/mol. The Morgan fingerprint density at radius 1 is 0.500 bits per heavy atom. The maximum Gasteiger partial charge on any atom is 0.00698 e. The molecule has 1 nitrogen and oxygen atoms in total. The number of fused-ring (bicyclic) bond motifs is 1. The molecule has 3 aliphatic rings. The molecule has 3 fully saturated rings. The zero-order valence-electron chi connectivity index (χ0n) is 16.2. The van der Waals surface area contributed by atoms with Gasteiger partial charge in [0, 0.05) is 6.04 Å². The molecule has 0 aliphatic heterocycles. The summed E-state index contributed by atoms with van der Waals surface area (Å²) >= 11 is 0. The third-order valence-electron chi connectivity index (χ3n) is 7.96. The van der Waals surface area contributed by atoms with Gasteiger partial charge in [0.25, 0.3) is 0 Å². The maximum absolute atomic E-state index is 6.67. The van der Waals surface area contributed by atoms with Gasteiger partial charge in [0.1, 0.15) is 0 Å². The van der Waals surface area contributed by atoms with Gasteiger partial charge < -0.3 is 5.73 Å². The van der Waals surface area contributed by atoms with E-state index in [2.05, 4.69) is 0 Å². The highest BCUT2D eigenvalue weighted by molar-refractivity contribution is 4.87. The Morgan fingerprint density at radius 3 is 1.75 bits per heavy atom. The molecular weight excluding hydrogens is 290 g/mol. The SMILES string of the molecule is NC1CCCCCC2CCCC3(CCCCCCCC3)CCC[C@@H]12. The van der Waals surface area contributed by atoms with E-state index in [-0.39, 0.29) is 0 Å². The molecule has 0 aromatic rings. The summed E-state index contributed by atoms with van der Waals surface area (Å²) in [5.74, 6) is 1.79. The van der Waals surface area contributed by atoms with Gasteiger partial charge in [0.2, 0.25) is 0 Å². The Labute approximate surface area is 151 Å². The van der Waals surface area contributed by atoms with E-state index in [1.54, 1.807) is 0 Å². The monoisotopic (exact) mass is 333 g/mol. The fourth-order valence-electron chi connectivity index (χ4n) is 6.46. The average Bonchev–Trinajstić information content (AvgIpc) is 2.73. The van der Waals surface area contributed by atoms with Crippen molar-refractivity contribution in [3.63, 3.8) is 0 Å². The Balaban J connectivity index is 1.65. The molecule has 1 heteroatoms. The van der Waals surface area contributed by atoms with Crippen LogP contribution in [0.4, 0.5) is 0 Å².